The Bertz CT molecular complexity index is 517. The highest BCUT2D eigenvalue weighted by Gasteiger charge is 2.21. The molecule has 0 bridgehead atoms. The molecule has 0 unspecified atom stereocenters. The third-order valence-electron chi connectivity index (χ3n) is 3.15. The third kappa shape index (κ3) is 2.26. The maximum Gasteiger partial charge on any atom is 0.244 e. The minimum absolute atomic E-state index is 0.153. The van der Waals surface area contributed by atoms with Crippen LogP contribution < -0.4 is 5.32 Å². The molecule has 2 aromatic rings. The Morgan fingerprint density at radius 2 is 2.06 bits per heavy atom. The number of rotatable bonds is 2. The van der Waals surface area contributed by atoms with Crippen LogP contribution in [0.25, 0.3) is 11.4 Å². The van der Waals surface area contributed by atoms with Gasteiger partial charge in [-0.2, -0.15) is 4.98 Å². The fourth-order valence-corrected chi connectivity index (χ4v) is 2.16. The average Bonchev–Trinajstić information content (AvgIpc) is 2.90. The van der Waals surface area contributed by atoms with Gasteiger partial charge in [0.15, 0.2) is 0 Å². The number of piperidine rings is 1. The number of halogens is 1. The van der Waals surface area contributed by atoms with Crippen molar-refractivity contribution >= 4 is 0 Å². The van der Waals surface area contributed by atoms with E-state index in [-0.39, 0.29) is 11.9 Å². The molecule has 5 heteroatoms. The Morgan fingerprint density at radius 3 is 2.78 bits per heavy atom. The fraction of sp³-hybridized carbons (Fsp3) is 0.385. The molecule has 1 fully saturated rings. The molecule has 2 heterocycles. The molecule has 3 rings (SSSR count). The molecule has 1 aromatic heterocycles. The van der Waals surface area contributed by atoms with Crippen LogP contribution in [0.5, 0.6) is 0 Å². The summed E-state index contributed by atoms with van der Waals surface area (Å²) in [6.07, 6.45) is 3.38. The van der Waals surface area contributed by atoms with Crippen molar-refractivity contribution < 1.29 is 8.91 Å². The molecule has 18 heavy (non-hydrogen) atoms. The second kappa shape index (κ2) is 4.86. The third-order valence-corrected chi connectivity index (χ3v) is 3.15. The van der Waals surface area contributed by atoms with Crippen LogP contribution in [0, 0.1) is 5.82 Å². The van der Waals surface area contributed by atoms with Crippen LogP contribution in [-0.2, 0) is 0 Å². The zero-order chi connectivity index (χ0) is 12.4. The standard InChI is InChI=1S/C13H14FN3O/c14-10-6-4-9(5-7-10)12-16-13(18-17-12)11-3-1-2-8-15-11/h4-7,11,15H,1-3,8H2/t11-/m0/s1. The summed E-state index contributed by atoms with van der Waals surface area (Å²) in [6.45, 7) is 0.985. The van der Waals surface area contributed by atoms with Gasteiger partial charge in [0.2, 0.25) is 11.7 Å². The second-order valence-electron chi connectivity index (χ2n) is 4.47. The Hall–Kier alpha value is -1.75. The minimum Gasteiger partial charge on any atom is -0.337 e. The summed E-state index contributed by atoms with van der Waals surface area (Å²) in [5.74, 6) is 0.864. The van der Waals surface area contributed by atoms with Gasteiger partial charge in [-0.15, -0.1) is 0 Å². The van der Waals surface area contributed by atoms with E-state index in [0.717, 1.165) is 18.5 Å². The van der Waals surface area contributed by atoms with Gasteiger partial charge in [-0.05, 0) is 43.7 Å². The van der Waals surface area contributed by atoms with Crippen molar-refractivity contribution in [3.05, 3.63) is 36.0 Å². The van der Waals surface area contributed by atoms with Gasteiger partial charge in [-0.3, -0.25) is 0 Å². The molecule has 0 saturated carbocycles. The summed E-state index contributed by atoms with van der Waals surface area (Å²) < 4.78 is 18.1. The van der Waals surface area contributed by atoms with Crippen LogP contribution in [0.1, 0.15) is 31.2 Å². The molecule has 0 spiro atoms. The highest BCUT2D eigenvalue weighted by atomic mass is 19.1. The summed E-state index contributed by atoms with van der Waals surface area (Å²) in [7, 11) is 0. The van der Waals surface area contributed by atoms with Gasteiger partial charge in [-0.1, -0.05) is 11.6 Å². The molecular formula is C13H14FN3O. The van der Waals surface area contributed by atoms with Gasteiger partial charge in [0.05, 0.1) is 6.04 Å². The Labute approximate surface area is 104 Å². The van der Waals surface area contributed by atoms with E-state index in [1.165, 1.54) is 25.0 Å². The van der Waals surface area contributed by atoms with Crippen molar-refractivity contribution in [3.63, 3.8) is 0 Å². The van der Waals surface area contributed by atoms with Gasteiger partial charge in [-0.25, -0.2) is 4.39 Å². The van der Waals surface area contributed by atoms with Gasteiger partial charge < -0.3 is 9.84 Å². The molecule has 1 aromatic carbocycles. The Balaban J connectivity index is 1.82. The summed E-state index contributed by atoms with van der Waals surface area (Å²) in [6, 6.07) is 6.24. The van der Waals surface area contributed by atoms with Crippen molar-refractivity contribution in [1.29, 1.82) is 0 Å². The molecule has 1 atom stereocenters. The maximum atomic E-state index is 12.8. The largest absolute Gasteiger partial charge is 0.337 e. The molecule has 1 aliphatic heterocycles. The summed E-state index contributed by atoms with van der Waals surface area (Å²) >= 11 is 0. The molecule has 0 aliphatic carbocycles. The molecule has 0 radical (unpaired) electrons. The summed E-state index contributed by atoms with van der Waals surface area (Å²) in [5.41, 5.74) is 0.766. The van der Waals surface area contributed by atoms with Crippen molar-refractivity contribution in [2.24, 2.45) is 0 Å². The van der Waals surface area contributed by atoms with E-state index in [1.807, 2.05) is 0 Å². The van der Waals surface area contributed by atoms with Gasteiger partial charge in [0.1, 0.15) is 5.82 Å². The van der Waals surface area contributed by atoms with Gasteiger partial charge in [0, 0.05) is 5.56 Å². The molecule has 0 amide bonds. The molecular weight excluding hydrogens is 233 g/mol. The lowest BCUT2D eigenvalue weighted by molar-refractivity contribution is 0.297. The first-order chi connectivity index (χ1) is 8.83. The zero-order valence-corrected chi connectivity index (χ0v) is 9.90. The smallest absolute Gasteiger partial charge is 0.244 e. The van der Waals surface area contributed by atoms with E-state index < -0.39 is 0 Å². The number of aromatic nitrogens is 2. The normalized spacial score (nSPS) is 19.9. The first-order valence-electron chi connectivity index (χ1n) is 6.16. The highest BCUT2D eigenvalue weighted by molar-refractivity contribution is 5.53. The lowest BCUT2D eigenvalue weighted by Crippen LogP contribution is -2.26. The number of benzene rings is 1. The molecule has 1 aliphatic rings. The van der Waals surface area contributed by atoms with Crippen LogP contribution in [-0.4, -0.2) is 16.7 Å². The topological polar surface area (TPSA) is 51.0 Å². The predicted molar refractivity (Wildman–Crippen MR) is 64.3 cm³/mol. The Morgan fingerprint density at radius 1 is 1.22 bits per heavy atom. The monoisotopic (exact) mass is 247 g/mol. The fourth-order valence-electron chi connectivity index (χ4n) is 2.16. The van der Waals surface area contributed by atoms with Gasteiger partial charge >= 0.3 is 0 Å². The molecule has 1 N–H and O–H groups in total. The van der Waals surface area contributed by atoms with Crippen LogP contribution in [0.15, 0.2) is 28.8 Å². The van der Waals surface area contributed by atoms with E-state index >= 15 is 0 Å². The van der Waals surface area contributed by atoms with E-state index in [4.69, 9.17) is 4.52 Å². The van der Waals surface area contributed by atoms with Crippen LogP contribution in [0.4, 0.5) is 4.39 Å². The van der Waals surface area contributed by atoms with E-state index in [9.17, 15) is 4.39 Å². The first kappa shape index (κ1) is 11.3. The van der Waals surface area contributed by atoms with Crippen molar-refractivity contribution in [1.82, 2.24) is 15.5 Å². The van der Waals surface area contributed by atoms with E-state index in [1.54, 1.807) is 12.1 Å². The SMILES string of the molecule is Fc1ccc(-c2noc([C@@H]3CCCCN3)n2)cc1. The summed E-state index contributed by atoms with van der Waals surface area (Å²) in [5, 5.41) is 7.30. The Kier molecular flexibility index (Phi) is 3.06. The number of nitrogens with zero attached hydrogens (tertiary/aromatic N) is 2. The van der Waals surface area contributed by atoms with Crippen LogP contribution in [0.2, 0.25) is 0 Å². The van der Waals surface area contributed by atoms with Crippen molar-refractivity contribution in [2.45, 2.75) is 25.3 Å². The molecule has 1 saturated heterocycles. The molecule has 94 valence electrons. The maximum absolute atomic E-state index is 12.8. The van der Waals surface area contributed by atoms with Crippen molar-refractivity contribution in [2.75, 3.05) is 6.54 Å². The number of hydrogen-bond acceptors (Lipinski definition) is 4. The van der Waals surface area contributed by atoms with Crippen molar-refractivity contribution in [3.8, 4) is 11.4 Å². The van der Waals surface area contributed by atoms with Gasteiger partial charge in [0.25, 0.3) is 0 Å². The average molecular weight is 247 g/mol. The van der Waals surface area contributed by atoms with E-state index in [0.29, 0.717) is 11.7 Å². The molecule has 4 nitrogen and oxygen atoms in total. The highest BCUT2D eigenvalue weighted by Crippen LogP contribution is 2.24. The van der Waals surface area contributed by atoms with E-state index in [2.05, 4.69) is 15.5 Å². The zero-order valence-electron chi connectivity index (χ0n) is 9.90. The minimum atomic E-state index is -0.267. The van der Waals surface area contributed by atoms with Crippen LogP contribution >= 0.6 is 0 Å². The summed E-state index contributed by atoms with van der Waals surface area (Å²) in [4.78, 5) is 4.37. The lowest BCUT2D eigenvalue weighted by Gasteiger charge is -2.19. The quantitative estimate of drug-likeness (QED) is 0.886. The first-order valence-corrected chi connectivity index (χ1v) is 6.16. The number of nitrogens with one attached hydrogen (secondary N) is 1. The van der Waals surface area contributed by atoms with Crippen LogP contribution in [0.3, 0.4) is 0 Å². The predicted octanol–water partition coefficient (Wildman–Crippen LogP) is 2.69. The number of hydrogen-bond donors (Lipinski definition) is 1. The lowest BCUT2D eigenvalue weighted by atomic mass is 10.1. The second-order valence-corrected chi connectivity index (χ2v) is 4.47.